The van der Waals surface area contributed by atoms with Gasteiger partial charge in [0.05, 0.1) is 37.6 Å². The number of hydrogen-bond donors (Lipinski definition) is 4. The lowest BCUT2D eigenvalue weighted by atomic mass is 9.78. The number of nitrogens with zero attached hydrogens (tertiary/aromatic N) is 1. The summed E-state index contributed by atoms with van der Waals surface area (Å²) in [5.74, 6) is -4.42. The fourth-order valence-electron chi connectivity index (χ4n) is 10.8. The number of esters is 1. The Balaban J connectivity index is 1.66. The van der Waals surface area contributed by atoms with E-state index in [9.17, 15) is 34.8 Å². The molecule has 16 atom stereocenters. The molecule has 2 saturated heterocycles. The van der Waals surface area contributed by atoms with Gasteiger partial charge in [-0.1, -0.05) is 71.1 Å². The first-order valence-corrected chi connectivity index (χ1v) is 25.2. The van der Waals surface area contributed by atoms with E-state index in [-0.39, 0.29) is 73.4 Å². The summed E-state index contributed by atoms with van der Waals surface area (Å²) in [5.41, 5.74) is 1.54. The fourth-order valence-corrected chi connectivity index (χ4v) is 10.8. The van der Waals surface area contributed by atoms with Gasteiger partial charge in [-0.3, -0.25) is 9.59 Å². The Morgan fingerprint density at radius 2 is 1.57 bits per heavy atom. The van der Waals surface area contributed by atoms with Crippen LogP contribution in [0.3, 0.4) is 0 Å². The first kappa shape index (κ1) is 56.8. The number of cyclic esters (lactones) is 1. The maximum absolute atomic E-state index is 14.5. The Morgan fingerprint density at radius 3 is 2.25 bits per heavy atom. The largest absolute Gasteiger partial charge is 0.461 e. The van der Waals surface area contributed by atoms with Crippen LogP contribution in [0, 0.1) is 35.5 Å². The Kier molecular flexibility index (Phi) is 23.4. The van der Waals surface area contributed by atoms with Crippen molar-refractivity contribution in [1.29, 1.82) is 0 Å². The van der Waals surface area contributed by atoms with E-state index >= 15 is 0 Å². The Bertz CT molecular complexity index is 1680. The van der Waals surface area contributed by atoms with Crippen molar-refractivity contribution in [1.82, 2.24) is 4.90 Å². The van der Waals surface area contributed by atoms with Gasteiger partial charge in [-0.05, 0) is 126 Å². The van der Waals surface area contributed by atoms with Crippen LogP contribution in [0.1, 0.15) is 132 Å². The number of Topliss-reactive ketones (excluding diaryl/α,β-unsaturated/α-hetero) is 1. The minimum atomic E-state index is -2.19. The molecule has 1 aliphatic carbocycles. The van der Waals surface area contributed by atoms with Gasteiger partial charge in [0.15, 0.2) is 11.9 Å². The van der Waals surface area contributed by atoms with Crippen molar-refractivity contribution in [3.05, 3.63) is 47.6 Å². The summed E-state index contributed by atoms with van der Waals surface area (Å²) in [7, 11) is 4.74. The zero-order valence-electron chi connectivity index (χ0n) is 42.3. The summed E-state index contributed by atoms with van der Waals surface area (Å²) >= 11 is 0. The molecule has 1 amide bonds. The standard InChI is InChI=1S/C53H87NO13/c1-33-16-12-11-13-17-35(3)45(62-8)32-41-22-20-39(7)53(61,67-41)50(58)51(59)54-25-15-14-18-42(54)52(60)66-43(36(4)30-40-21-24-44(65-27-26-55)46(31-40)63-9)23-19-34(2)29-38(6)48(57)49(64-10)47(56)37(5)28-33/h11-13,16-17,29,33-34,36-37,39-46,48-50,55,57-58,61H,14-15,18-28,30-32H2,1-10H3/b13-11+,16-12+,35-17+,38-29+/t33-,34+,36-,37-,39-,40+,41+,42+,43+,44-,45+,46-,48-,49+,50?,53-/m1/s1. The Morgan fingerprint density at radius 1 is 0.821 bits per heavy atom. The molecular formula is C53H87NO13. The molecule has 382 valence electrons. The normalized spacial score (nSPS) is 40.6. The van der Waals surface area contributed by atoms with Crippen LogP contribution in [0.15, 0.2) is 47.6 Å². The molecule has 4 aliphatic rings. The van der Waals surface area contributed by atoms with E-state index in [4.69, 9.17) is 28.4 Å². The number of carbonyl (C=O) groups excluding carboxylic acids is 3. The van der Waals surface area contributed by atoms with E-state index < -0.39 is 60.1 Å². The lowest BCUT2D eigenvalue weighted by Gasteiger charge is -2.46. The maximum atomic E-state index is 14.5. The molecule has 3 aliphatic heterocycles. The number of ketones is 1. The summed E-state index contributed by atoms with van der Waals surface area (Å²) in [5, 5.41) is 44.7. The smallest absolute Gasteiger partial charge is 0.329 e. The molecule has 3 heterocycles. The van der Waals surface area contributed by atoms with Gasteiger partial charge in [-0.2, -0.15) is 0 Å². The van der Waals surface area contributed by atoms with Crippen LogP contribution < -0.4 is 0 Å². The number of aliphatic hydroxyl groups excluding tert-OH is 3. The average Bonchev–Trinajstić information content (AvgIpc) is 3.31. The second kappa shape index (κ2) is 27.6. The van der Waals surface area contributed by atoms with Crippen molar-refractivity contribution >= 4 is 17.7 Å². The van der Waals surface area contributed by atoms with Gasteiger partial charge >= 0.3 is 5.97 Å². The molecule has 0 aromatic heterocycles. The molecule has 1 unspecified atom stereocenters. The van der Waals surface area contributed by atoms with Crippen LogP contribution in [0.5, 0.6) is 0 Å². The molecule has 14 nitrogen and oxygen atoms in total. The van der Waals surface area contributed by atoms with Gasteiger partial charge in [0, 0.05) is 46.1 Å². The van der Waals surface area contributed by atoms with Crippen molar-refractivity contribution in [2.24, 2.45) is 35.5 Å². The number of allylic oxidation sites excluding steroid dienone is 6. The molecule has 3 fully saturated rings. The van der Waals surface area contributed by atoms with Crippen LogP contribution >= 0.6 is 0 Å². The number of rotatable bonds is 9. The van der Waals surface area contributed by atoms with Gasteiger partial charge in [0.2, 0.25) is 5.79 Å². The molecule has 4 rings (SSSR count). The lowest BCUT2D eigenvalue weighted by Crippen LogP contribution is -2.63. The monoisotopic (exact) mass is 946 g/mol. The predicted octanol–water partition coefficient (Wildman–Crippen LogP) is 6.81. The van der Waals surface area contributed by atoms with E-state index in [2.05, 4.69) is 6.92 Å². The molecule has 0 aromatic rings. The molecule has 4 N–H and O–H groups in total. The number of fused-ring (bicyclic) bond motifs is 3. The molecule has 14 heteroatoms. The minimum Gasteiger partial charge on any atom is -0.461 e. The SMILES string of the molecule is CO[C@H]1C[C@@H]2CC[C@@H](C)[C@@](O)(O2)C(O)C(=O)N2CCCC[C@H]2C(=O)O[C@H]([C@H](C)C[C@@H]2CC[C@@H](OCCO)[C@H](OC)C2)CC[C@H](C)/C=C(\C)[C@@H](O)[C@@H](OC)C(=O)[C@H](C)C[C@H](C)/C=C/C=C/C=C/1C. The summed E-state index contributed by atoms with van der Waals surface area (Å²) in [6.45, 7) is 14.0. The minimum absolute atomic E-state index is 0.0589. The molecule has 0 aromatic carbocycles. The van der Waals surface area contributed by atoms with Crippen molar-refractivity contribution in [3.8, 4) is 0 Å². The quantitative estimate of drug-likeness (QED) is 0.140. The average molecular weight is 946 g/mol. The number of piperidine rings is 1. The molecule has 0 radical (unpaired) electrons. The van der Waals surface area contributed by atoms with Crippen LogP contribution in [0.4, 0.5) is 0 Å². The number of methoxy groups -OCH3 is 3. The third-order valence-electron chi connectivity index (χ3n) is 15.1. The number of amides is 1. The number of carbonyl (C=O) groups is 3. The first-order chi connectivity index (χ1) is 31.9. The number of aliphatic hydroxyl groups is 4. The molecule has 0 spiro atoms. The van der Waals surface area contributed by atoms with E-state index in [0.29, 0.717) is 63.4 Å². The third kappa shape index (κ3) is 15.9. The van der Waals surface area contributed by atoms with Gasteiger partial charge in [-0.15, -0.1) is 0 Å². The molecule has 1 saturated carbocycles. The zero-order chi connectivity index (χ0) is 49.4. The lowest BCUT2D eigenvalue weighted by molar-refractivity contribution is -0.317. The van der Waals surface area contributed by atoms with Crippen LogP contribution in [0.25, 0.3) is 0 Å². The van der Waals surface area contributed by atoms with Gasteiger partial charge in [0.25, 0.3) is 5.91 Å². The molecule has 2 bridgehead atoms. The maximum Gasteiger partial charge on any atom is 0.329 e. The summed E-state index contributed by atoms with van der Waals surface area (Å²) in [6.07, 6.45) is 13.9. The van der Waals surface area contributed by atoms with Gasteiger partial charge in [0.1, 0.15) is 24.4 Å². The van der Waals surface area contributed by atoms with E-state index in [1.807, 2.05) is 64.2 Å². The second-order valence-corrected chi connectivity index (χ2v) is 20.4. The molecular weight excluding hydrogens is 859 g/mol. The Hall–Kier alpha value is -2.79. The highest BCUT2D eigenvalue weighted by Gasteiger charge is 2.53. The van der Waals surface area contributed by atoms with Crippen molar-refractivity contribution in [3.63, 3.8) is 0 Å². The van der Waals surface area contributed by atoms with Crippen LogP contribution in [-0.2, 0) is 42.8 Å². The van der Waals surface area contributed by atoms with Gasteiger partial charge < -0.3 is 53.7 Å². The van der Waals surface area contributed by atoms with Crippen molar-refractivity contribution < 1.29 is 63.2 Å². The topological polar surface area (TPSA) is 191 Å². The van der Waals surface area contributed by atoms with E-state index in [1.165, 1.54) is 12.0 Å². The number of hydrogen-bond acceptors (Lipinski definition) is 13. The zero-order valence-corrected chi connectivity index (χ0v) is 42.3. The van der Waals surface area contributed by atoms with Crippen molar-refractivity contribution in [2.75, 3.05) is 41.1 Å². The highest BCUT2D eigenvalue weighted by molar-refractivity contribution is 5.88. The predicted molar refractivity (Wildman–Crippen MR) is 257 cm³/mol. The second-order valence-electron chi connectivity index (χ2n) is 20.4. The summed E-state index contributed by atoms with van der Waals surface area (Å²) in [6, 6.07) is -0.964. The van der Waals surface area contributed by atoms with Crippen LogP contribution in [-0.4, -0.2) is 145 Å². The van der Waals surface area contributed by atoms with Crippen molar-refractivity contribution in [2.45, 2.75) is 193 Å². The highest BCUT2D eigenvalue weighted by Crippen LogP contribution is 2.39. The van der Waals surface area contributed by atoms with Crippen LogP contribution in [0.2, 0.25) is 0 Å². The first-order valence-electron chi connectivity index (χ1n) is 25.2. The highest BCUT2D eigenvalue weighted by atomic mass is 16.6. The fraction of sp³-hybridized carbons (Fsp3) is 0.792. The molecule has 67 heavy (non-hydrogen) atoms. The van der Waals surface area contributed by atoms with Gasteiger partial charge in [-0.25, -0.2) is 4.79 Å². The van der Waals surface area contributed by atoms with E-state index in [1.54, 1.807) is 28.1 Å². The van der Waals surface area contributed by atoms with E-state index in [0.717, 1.165) is 31.3 Å². The third-order valence-corrected chi connectivity index (χ3v) is 15.1. The number of ether oxygens (including phenoxy) is 6. The Labute approximate surface area is 401 Å². The summed E-state index contributed by atoms with van der Waals surface area (Å²) < 4.78 is 36.0. The summed E-state index contributed by atoms with van der Waals surface area (Å²) in [4.78, 5) is 44.0.